The van der Waals surface area contributed by atoms with E-state index in [4.69, 9.17) is 26.1 Å². The number of fused-ring (bicyclic) bond motifs is 5. The average Bonchev–Trinajstić information content (AvgIpc) is 3.50. The maximum absolute atomic E-state index is 6.32. The molecule has 0 bridgehead atoms. The van der Waals surface area contributed by atoms with Crippen LogP contribution in [0.3, 0.4) is 0 Å². The van der Waals surface area contributed by atoms with E-state index in [1.54, 1.807) is 6.26 Å². The molecule has 0 aliphatic carbocycles. The van der Waals surface area contributed by atoms with E-state index in [0.29, 0.717) is 17.3 Å². The molecule has 5 heterocycles. The fourth-order valence-corrected chi connectivity index (χ4v) is 4.74. The first-order valence-electron chi connectivity index (χ1n) is 10.2. The second-order valence-corrected chi connectivity index (χ2v) is 8.49. The summed E-state index contributed by atoms with van der Waals surface area (Å²) in [6, 6.07) is 5.89. The molecule has 0 unspecified atom stereocenters. The van der Waals surface area contributed by atoms with Gasteiger partial charge in [-0.1, -0.05) is 11.6 Å². The molecule has 0 radical (unpaired) electrons. The van der Waals surface area contributed by atoms with Crippen molar-refractivity contribution in [3.05, 3.63) is 59.0 Å². The average molecular weight is 421 g/mol. The molecule has 30 heavy (non-hydrogen) atoms. The molecule has 1 saturated heterocycles. The highest BCUT2D eigenvalue weighted by Gasteiger charge is 2.27. The number of rotatable bonds is 3. The van der Waals surface area contributed by atoms with Crippen LogP contribution in [0, 0.1) is 0 Å². The van der Waals surface area contributed by atoms with Crippen molar-refractivity contribution in [3.63, 3.8) is 0 Å². The van der Waals surface area contributed by atoms with Gasteiger partial charge in [0, 0.05) is 42.4 Å². The van der Waals surface area contributed by atoms with Crippen LogP contribution in [0.4, 0.5) is 0 Å². The molecule has 8 heteroatoms. The van der Waals surface area contributed by atoms with E-state index in [0.717, 1.165) is 59.2 Å². The fourth-order valence-electron chi connectivity index (χ4n) is 4.57. The van der Waals surface area contributed by atoms with E-state index in [1.807, 2.05) is 36.3 Å². The minimum atomic E-state index is 0.570. The summed E-state index contributed by atoms with van der Waals surface area (Å²) in [7, 11) is 1.94. The number of likely N-dealkylation sites (tertiary alicyclic amines) is 1. The summed E-state index contributed by atoms with van der Waals surface area (Å²) in [5, 5.41) is 5.39. The number of imidazole rings is 1. The Morgan fingerprint density at radius 2 is 2.03 bits per heavy atom. The molecule has 2 aliphatic heterocycles. The molecule has 152 valence electrons. The van der Waals surface area contributed by atoms with Gasteiger partial charge in [0.15, 0.2) is 0 Å². The van der Waals surface area contributed by atoms with Gasteiger partial charge in [0.05, 0.1) is 22.8 Å². The fraction of sp³-hybridized carbons (Fsp3) is 0.318. The van der Waals surface area contributed by atoms with Crippen LogP contribution in [-0.4, -0.2) is 42.3 Å². The van der Waals surface area contributed by atoms with Gasteiger partial charge < -0.3 is 8.98 Å². The summed E-state index contributed by atoms with van der Waals surface area (Å²) >= 11 is 6.32. The maximum atomic E-state index is 6.32. The predicted molar refractivity (Wildman–Crippen MR) is 114 cm³/mol. The monoisotopic (exact) mass is 420 g/mol. The number of benzene rings is 1. The van der Waals surface area contributed by atoms with Crippen LogP contribution in [0.25, 0.3) is 28.5 Å². The Labute approximate surface area is 178 Å². The van der Waals surface area contributed by atoms with Crippen molar-refractivity contribution in [3.8, 4) is 28.5 Å². The number of aromatic nitrogens is 5. The van der Waals surface area contributed by atoms with Crippen molar-refractivity contribution in [2.75, 3.05) is 13.1 Å². The molecular formula is C22H21ClN6O. The van der Waals surface area contributed by atoms with Gasteiger partial charge in [-0.3, -0.25) is 9.58 Å². The lowest BCUT2D eigenvalue weighted by Gasteiger charge is -2.11. The maximum Gasteiger partial charge on any atom is 0.247 e. The SMILES string of the molecule is Cn1cc2c(n1)-c1cc(Cl)ccc1-n1cnc(-c3nc(CN4CCCC4)co3)c1C2. The van der Waals surface area contributed by atoms with Crippen molar-refractivity contribution >= 4 is 11.6 Å². The lowest BCUT2D eigenvalue weighted by molar-refractivity contribution is 0.327. The van der Waals surface area contributed by atoms with Crippen molar-refractivity contribution in [1.29, 1.82) is 0 Å². The van der Waals surface area contributed by atoms with Gasteiger partial charge in [-0.2, -0.15) is 5.10 Å². The van der Waals surface area contributed by atoms with Crippen molar-refractivity contribution in [2.45, 2.75) is 25.8 Å². The number of aryl methyl sites for hydroxylation is 1. The summed E-state index contributed by atoms with van der Waals surface area (Å²) < 4.78 is 9.82. The van der Waals surface area contributed by atoms with Crippen molar-refractivity contribution in [2.24, 2.45) is 7.05 Å². The second kappa shape index (κ2) is 6.82. The van der Waals surface area contributed by atoms with Crippen molar-refractivity contribution in [1.82, 2.24) is 29.2 Å². The number of nitrogens with zero attached hydrogens (tertiary/aromatic N) is 6. The van der Waals surface area contributed by atoms with E-state index >= 15 is 0 Å². The quantitative estimate of drug-likeness (QED) is 0.440. The predicted octanol–water partition coefficient (Wildman–Crippen LogP) is 4.08. The standard InChI is InChI=1S/C22H21ClN6O/c1-27-10-14-8-19-21(22-25-16(12-30-22)11-28-6-2-3-7-28)24-13-29(19)18-5-4-15(23)9-17(18)20(14)26-27/h4-5,9-10,12-13H,2-3,6-8,11H2,1H3. The van der Waals surface area contributed by atoms with E-state index in [1.165, 1.54) is 12.8 Å². The molecule has 3 aromatic heterocycles. The van der Waals surface area contributed by atoms with Gasteiger partial charge in [-0.05, 0) is 44.1 Å². The van der Waals surface area contributed by atoms with Crippen LogP contribution in [0.5, 0.6) is 0 Å². The Bertz CT molecular complexity index is 1250. The molecule has 0 atom stereocenters. The summed E-state index contributed by atoms with van der Waals surface area (Å²) in [5.74, 6) is 0.570. The minimum absolute atomic E-state index is 0.570. The van der Waals surface area contributed by atoms with E-state index in [2.05, 4.69) is 20.6 Å². The van der Waals surface area contributed by atoms with Crippen LogP contribution in [0.1, 0.15) is 29.8 Å². The zero-order valence-electron chi connectivity index (χ0n) is 16.7. The highest BCUT2D eigenvalue weighted by atomic mass is 35.5. The van der Waals surface area contributed by atoms with Gasteiger partial charge in [0.1, 0.15) is 18.3 Å². The summed E-state index contributed by atoms with van der Waals surface area (Å²) in [4.78, 5) is 11.9. The lowest BCUT2D eigenvalue weighted by atomic mass is 10.0. The third kappa shape index (κ3) is 2.88. The first kappa shape index (κ1) is 17.9. The lowest BCUT2D eigenvalue weighted by Crippen LogP contribution is -2.18. The Morgan fingerprint density at radius 1 is 1.17 bits per heavy atom. The number of hydrogen-bond donors (Lipinski definition) is 0. The van der Waals surface area contributed by atoms with Crippen molar-refractivity contribution < 1.29 is 4.42 Å². The van der Waals surface area contributed by atoms with Gasteiger partial charge in [-0.25, -0.2) is 9.97 Å². The number of hydrogen-bond acceptors (Lipinski definition) is 5. The third-order valence-corrected chi connectivity index (χ3v) is 6.18. The Balaban J connectivity index is 1.45. The molecule has 0 amide bonds. The third-order valence-electron chi connectivity index (χ3n) is 5.94. The molecule has 1 fully saturated rings. The summed E-state index contributed by atoms with van der Waals surface area (Å²) in [6.07, 6.45) is 8.87. The van der Waals surface area contributed by atoms with Gasteiger partial charge >= 0.3 is 0 Å². The first-order chi connectivity index (χ1) is 14.7. The first-order valence-corrected chi connectivity index (χ1v) is 10.6. The molecule has 1 aromatic carbocycles. The number of oxazole rings is 1. The van der Waals surface area contributed by atoms with Gasteiger partial charge in [-0.15, -0.1) is 0 Å². The second-order valence-electron chi connectivity index (χ2n) is 8.05. The zero-order chi connectivity index (χ0) is 20.2. The highest BCUT2D eigenvalue weighted by molar-refractivity contribution is 6.31. The Kier molecular flexibility index (Phi) is 4.07. The molecule has 6 rings (SSSR count). The van der Waals surface area contributed by atoms with Crippen LogP contribution < -0.4 is 0 Å². The molecule has 0 N–H and O–H groups in total. The van der Waals surface area contributed by atoms with E-state index in [-0.39, 0.29) is 0 Å². The minimum Gasteiger partial charge on any atom is -0.443 e. The van der Waals surface area contributed by atoms with E-state index in [9.17, 15) is 0 Å². The van der Waals surface area contributed by atoms with Crippen LogP contribution in [0.2, 0.25) is 5.02 Å². The Morgan fingerprint density at radius 3 is 2.90 bits per heavy atom. The van der Waals surface area contributed by atoms with Crippen LogP contribution in [-0.2, 0) is 20.0 Å². The molecule has 0 spiro atoms. The molecule has 7 nitrogen and oxygen atoms in total. The molecular weight excluding hydrogens is 400 g/mol. The normalized spacial score (nSPS) is 15.7. The topological polar surface area (TPSA) is 64.9 Å². The van der Waals surface area contributed by atoms with Gasteiger partial charge in [0.2, 0.25) is 5.89 Å². The van der Waals surface area contributed by atoms with Crippen LogP contribution in [0.15, 0.2) is 41.4 Å². The smallest absolute Gasteiger partial charge is 0.247 e. The highest BCUT2D eigenvalue weighted by Crippen LogP contribution is 2.38. The summed E-state index contributed by atoms with van der Waals surface area (Å²) in [5.41, 5.74) is 6.87. The number of halogens is 1. The summed E-state index contributed by atoms with van der Waals surface area (Å²) in [6.45, 7) is 3.09. The largest absolute Gasteiger partial charge is 0.443 e. The Hall–Kier alpha value is -2.90. The zero-order valence-corrected chi connectivity index (χ0v) is 17.4. The molecule has 0 saturated carbocycles. The van der Waals surface area contributed by atoms with Crippen LogP contribution >= 0.6 is 11.6 Å². The van der Waals surface area contributed by atoms with E-state index < -0.39 is 0 Å². The molecule has 2 aliphatic rings. The van der Waals surface area contributed by atoms with Gasteiger partial charge in [0.25, 0.3) is 0 Å². The molecule has 4 aromatic rings.